The Balaban J connectivity index is 2.81. The Hall–Kier alpha value is -1.02. The van der Waals surface area contributed by atoms with Crippen LogP contribution in [-0.4, -0.2) is 11.7 Å². The number of benzene rings is 1. The van der Waals surface area contributed by atoms with Gasteiger partial charge in [0.1, 0.15) is 5.75 Å². The molecule has 0 aliphatic carbocycles. The second kappa shape index (κ2) is 14.9. The first-order valence-electron chi connectivity index (χ1n) is 12.0. The van der Waals surface area contributed by atoms with Gasteiger partial charge in [-0.3, -0.25) is 0 Å². The molecule has 0 heterocycles. The summed E-state index contributed by atoms with van der Waals surface area (Å²) < 4.78 is 6.02. The quantitative estimate of drug-likeness (QED) is 0.272. The summed E-state index contributed by atoms with van der Waals surface area (Å²) >= 11 is 0. The van der Waals surface area contributed by atoms with E-state index in [-0.39, 0.29) is 0 Å². The molecule has 1 N–H and O–H groups in total. The highest BCUT2D eigenvalue weighted by Gasteiger charge is 2.29. The summed E-state index contributed by atoms with van der Waals surface area (Å²) in [5.74, 6) is 0.946. The molecule has 0 unspecified atom stereocenters. The van der Waals surface area contributed by atoms with Gasteiger partial charge in [-0.05, 0) is 43.4 Å². The van der Waals surface area contributed by atoms with Gasteiger partial charge >= 0.3 is 0 Å². The molecule has 2 heteroatoms. The lowest BCUT2D eigenvalue weighted by Crippen LogP contribution is -2.26. The molecule has 0 spiro atoms. The number of rotatable bonds is 17. The van der Waals surface area contributed by atoms with Crippen molar-refractivity contribution in [3.05, 3.63) is 29.3 Å². The zero-order valence-corrected chi connectivity index (χ0v) is 19.2. The van der Waals surface area contributed by atoms with E-state index in [1.807, 2.05) is 0 Å². The van der Waals surface area contributed by atoms with Crippen LogP contribution in [0.3, 0.4) is 0 Å². The van der Waals surface area contributed by atoms with E-state index in [0.29, 0.717) is 0 Å². The van der Waals surface area contributed by atoms with Crippen molar-refractivity contribution in [1.29, 1.82) is 0 Å². The molecule has 162 valence electrons. The fraction of sp³-hybridized carbons (Fsp3) is 0.769. The molecule has 0 amide bonds. The summed E-state index contributed by atoms with van der Waals surface area (Å²) in [6, 6.07) is 6.36. The SMILES string of the molecule is CCCCCCCC(O)(CCCCCCC)c1ccc(C)c(OCCCC)c1. The highest BCUT2D eigenvalue weighted by molar-refractivity contribution is 5.39. The highest BCUT2D eigenvalue weighted by atomic mass is 16.5. The van der Waals surface area contributed by atoms with Crippen molar-refractivity contribution in [3.63, 3.8) is 0 Å². The zero-order chi connectivity index (χ0) is 20.7. The predicted molar refractivity (Wildman–Crippen MR) is 122 cm³/mol. The molecule has 2 nitrogen and oxygen atoms in total. The molecule has 28 heavy (non-hydrogen) atoms. The van der Waals surface area contributed by atoms with Gasteiger partial charge in [0.2, 0.25) is 0 Å². The van der Waals surface area contributed by atoms with E-state index in [2.05, 4.69) is 45.9 Å². The number of hydrogen-bond donors (Lipinski definition) is 1. The van der Waals surface area contributed by atoms with Gasteiger partial charge in [-0.25, -0.2) is 0 Å². The van der Waals surface area contributed by atoms with E-state index >= 15 is 0 Å². The maximum Gasteiger partial charge on any atom is 0.122 e. The Kier molecular flexibility index (Phi) is 13.3. The molecule has 0 saturated carbocycles. The van der Waals surface area contributed by atoms with Crippen molar-refractivity contribution in [2.24, 2.45) is 0 Å². The fourth-order valence-electron chi connectivity index (χ4n) is 3.83. The summed E-state index contributed by atoms with van der Waals surface area (Å²) in [6.45, 7) is 9.54. The van der Waals surface area contributed by atoms with Crippen molar-refractivity contribution in [1.82, 2.24) is 0 Å². The van der Waals surface area contributed by atoms with Gasteiger partial charge in [0.15, 0.2) is 0 Å². The van der Waals surface area contributed by atoms with Crippen LogP contribution in [0.25, 0.3) is 0 Å². The van der Waals surface area contributed by atoms with Gasteiger partial charge in [0.25, 0.3) is 0 Å². The number of hydrogen-bond acceptors (Lipinski definition) is 2. The molecule has 0 aliphatic heterocycles. The molecular weight excluding hydrogens is 344 g/mol. The number of unbranched alkanes of at least 4 members (excludes halogenated alkanes) is 9. The molecule has 0 radical (unpaired) electrons. The predicted octanol–water partition coefficient (Wildman–Crippen LogP) is 8.08. The van der Waals surface area contributed by atoms with Crippen LogP contribution in [0.4, 0.5) is 0 Å². The molecule has 0 saturated heterocycles. The van der Waals surface area contributed by atoms with Crippen LogP contribution in [0, 0.1) is 6.92 Å². The summed E-state index contributed by atoms with van der Waals surface area (Å²) in [5.41, 5.74) is 1.50. The smallest absolute Gasteiger partial charge is 0.122 e. The first-order chi connectivity index (χ1) is 13.6. The zero-order valence-electron chi connectivity index (χ0n) is 19.2. The molecule has 0 bridgehead atoms. The average Bonchev–Trinajstić information content (AvgIpc) is 2.69. The first kappa shape index (κ1) is 25.0. The summed E-state index contributed by atoms with van der Waals surface area (Å²) in [7, 11) is 0. The minimum atomic E-state index is -0.713. The van der Waals surface area contributed by atoms with Crippen molar-refractivity contribution >= 4 is 0 Å². The average molecular weight is 391 g/mol. The first-order valence-corrected chi connectivity index (χ1v) is 12.0. The monoisotopic (exact) mass is 390 g/mol. The minimum absolute atomic E-state index is 0.713. The van der Waals surface area contributed by atoms with Crippen LogP contribution in [0.1, 0.15) is 122 Å². The third-order valence-electron chi connectivity index (χ3n) is 5.87. The van der Waals surface area contributed by atoms with Gasteiger partial charge < -0.3 is 9.84 Å². The maximum absolute atomic E-state index is 11.6. The van der Waals surface area contributed by atoms with E-state index < -0.39 is 5.60 Å². The lowest BCUT2D eigenvalue weighted by atomic mass is 9.83. The van der Waals surface area contributed by atoms with Crippen LogP contribution < -0.4 is 4.74 Å². The molecule has 1 aromatic carbocycles. The Morgan fingerprint density at radius 1 is 0.750 bits per heavy atom. The molecule has 1 aromatic rings. The van der Waals surface area contributed by atoms with E-state index in [9.17, 15) is 5.11 Å². The van der Waals surface area contributed by atoms with E-state index in [0.717, 1.165) is 62.0 Å². The van der Waals surface area contributed by atoms with Crippen LogP contribution in [0.2, 0.25) is 0 Å². The second-order valence-corrected chi connectivity index (χ2v) is 8.54. The molecular formula is C26H46O2. The summed E-state index contributed by atoms with van der Waals surface area (Å²) in [6.07, 6.45) is 16.3. The van der Waals surface area contributed by atoms with Gasteiger partial charge in [-0.1, -0.05) is 104 Å². The Morgan fingerprint density at radius 2 is 1.29 bits per heavy atom. The van der Waals surface area contributed by atoms with Crippen LogP contribution in [0.15, 0.2) is 18.2 Å². The standard InChI is InChI=1S/C26H46O2/c1-5-8-11-13-15-19-26(27,20-16-14-12-9-6-2)24-18-17-23(4)25(22-24)28-21-10-7-3/h17-18,22,27H,5-16,19-21H2,1-4H3. The maximum atomic E-state index is 11.6. The van der Waals surface area contributed by atoms with Crippen molar-refractivity contribution in [2.75, 3.05) is 6.61 Å². The van der Waals surface area contributed by atoms with Crippen molar-refractivity contribution < 1.29 is 9.84 Å². The molecule has 1 rings (SSSR count). The van der Waals surface area contributed by atoms with Gasteiger partial charge in [0.05, 0.1) is 12.2 Å². The largest absolute Gasteiger partial charge is 0.493 e. The Labute approximate surface area is 175 Å². The van der Waals surface area contributed by atoms with E-state index in [1.54, 1.807) is 0 Å². The third kappa shape index (κ3) is 9.45. The highest BCUT2D eigenvalue weighted by Crippen LogP contribution is 2.36. The number of ether oxygens (including phenoxy) is 1. The van der Waals surface area contributed by atoms with Gasteiger partial charge in [-0.2, -0.15) is 0 Å². The molecule has 0 fully saturated rings. The summed E-state index contributed by atoms with van der Waals surface area (Å²) in [4.78, 5) is 0. The van der Waals surface area contributed by atoms with Crippen LogP contribution >= 0.6 is 0 Å². The third-order valence-corrected chi connectivity index (χ3v) is 5.87. The molecule has 0 aromatic heterocycles. The van der Waals surface area contributed by atoms with E-state index in [4.69, 9.17) is 4.74 Å². The normalized spacial score (nSPS) is 11.8. The van der Waals surface area contributed by atoms with Gasteiger partial charge in [0, 0.05) is 0 Å². The Bertz CT molecular complexity index is 495. The molecule has 0 atom stereocenters. The van der Waals surface area contributed by atoms with Crippen molar-refractivity contribution in [3.8, 4) is 5.75 Å². The topological polar surface area (TPSA) is 29.5 Å². The summed E-state index contributed by atoms with van der Waals surface area (Å²) in [5, 5.41) is 11.6. The van der Waals surface area contributed by atoms with Crippen molar-refractivity contribution in [2.45, 2.75) is 123 Å². The van der Waals surface area contributed by atoms with Crippen LogP contribution in [-0.2, 0) is 5.60 Å². The minimum Gasteiger partial charge on any atom is -0.493 e. The number of aryl methyl sites for hydroxylation is 1. The lowest BCUT2D eigenvalue weighted by molar-refractivity contribution is 0.0130. The second-order valence-electron chi connectivity index (χ2n) is 8.54. The molecule has 0 aliphatic rings. The van der Waals surface area contributed by atoms with Crippen LogP contribution in [0.5, 0.6) is 5.75 Å². The number of aliphatic hydroxyl groups is 1. The Morgan fingerprint density at radius 3 is 1.82 bits per heavy atom. The lowest BCUT2D eigenvalue weighted by Gasteiger charge is -2.30. The fourth-order valence-corrected chi connectivity index (χ4v) is 3.83. The van der Waals surface area contributed by atoms with Gasteiger partial charge in [-0.15, -0.1) is 0 Å². The van der Waals surface area contributed by atoms with E-state index in [1.165, 1.54) is 51.4 Å².